The highest BCUT2D eigenvalue weighted by Gasteiger charge is 2.29. The number of amides is 1. The summed E-state index contributed by atoms with van der Waals surface area (Å²) in [5.41, 5.74) is 5.26. The lowest BCUT2D eigenvalue weighted by Gasteiger charge is -2.16. The molecule has 7 heteroatoms. The number of rotatable bonds is 4. The monoisotopic (exact) mass is 491 g/mol. The smallest absolute Gasteiger partial charge is 0.342 e. The van der Waals surface area contributed by atoms with Crippen molar-refractivity contribution < 1.29 is 9.53 Å². The number of nitrogens with one attached hydrogen (secondary N) is 1. The molecule has 5 rings (SSSR count). The van der Waals surface area contributed by atoms with Gasteiger partial charge in [-0.3, -0.25) is 0 Å². The Labute approximate surface area is 208 Å². The van der Waals surface area contributed by atoms with Gasteiger partial charge in [0.15, 0.2) is 0 Å². The van der Waals surface area contributed by atoms with E-state index in [0.717, 1.165) is 40.0 Å². The first-order valence-electron chi connectivity index (χ1n) is 11.0. The van der Waals surface area contributed by atoms with E-state index in [4.69, 9.17) is 27.9 Å². The van der Waals surface area contributed by atoms with Crippen LogP contribution in [0, 0.1) is 0 Å². The van der Waals surface area contributed by atoms with Gasteiger partial charge in [-0.25, -0.2) is 4.79 Å². The summed E-state index contributed by atoms with van der Waals surface area (Å²) in [5.74, 6) is 0.910. The van der Waals surface area contributed by atoms with Crippen LogP contribution in [-0.2, 0) is 13.0 Å². The third kappa shape index (κ3) is 4.67. The molecule has 1 N–H and O–H groups in total. The standard InChI is InChI=1S/C27H23Cl2N3O2/c1-27(2)14-20-13-17(3-12-24(20)34-27)15-30-26(33)32-16-23(18-4-8-21(28)9-5-18)25(31-32)19-6-10-22(29)11-7-19/h3-13,16H,14-15H2,1-2H3,(H,30,33). The maximum atomic E-state index is 13.0. The highest BCUT2D eigenvalue weighted by Crippen LogP contribution is 2.35. The molecule has 0 saturated heterocycles. The van der Waals surface area contributed by atoms with Crippen molar-refractivity contribution in [3.05, 3.63) is 94.1 Å². The largest absolute Gasteiger partial charge is 0.487 e. The summed E-state index contributed by atoms with van der Waals surface area (Å²) in [4.78, 5) is 13.0. The topological polar surface area (TPSA) is 56.2 Å². The van der Waals surface area contributed by atoms with Crippen LogP contribution in [0.1, 0.15) is 25.0 Å². The molecular weight excluding hydrogens is 469 g/mol. The highest BCUT2D eigenvalue weighted by atomic mass is 35.5. The first-order chi connectivity index (χ1) is 16.3. The fourth-order valence-electron chi connectivity index (χ4n) is 4.17. The Morgan fingerprint density at radius 1 is 1.00 bits per heavy atom. The van der Waals surface area contributed by atoms with Gasteiger partial charge in [-0.15, -0.1) is 0 Å². The SMILES string of the molecule is CC1(C)Cc2cc(CNC(=O)n3cc(-c4ccc(Cl)cc4)c(-c4ccc(Cl)cc4)n3)ccc2O1. The highest BCUT2D eigenvalue weighted by molar-refractivity contribution is 6.31. The number of halogens is 2. The van der Waals surface area contributed by atoms with Crippen molar-refractivity contribution in [2.75, 3.05) is 0 Å². The fourth-order valence-corrected chi connectivity index (χ4v) is 4.42. The van der Waals surface area contributed by atoms with E-state index >= 15 is 0 Å². The van der Waals surface area contributed by atoms with Crippen LogP contribution in [0.4, 0.5) is 4.79 Å². The van der Waals surface area contributed by atoms with E-state index in [1.807, 2.05) is 48.5 Å². The molecule has 0 atom stereocenters. The van der Waals surface area contributed by atoms with Crippen LogP contribution in [0.15, 0.2) is 72.9 Å². The Morgan fingerprint density at radius 2 is 1.65 bits per heavy atom. The molecule has 0 unspecified atom stereocenters. The van der Waals surface area contributed by atoms with Crippen molar-refractivity contribution in [2.24, 2.45) is 0 Å². The molecule has 0 spiro atoms. The van der Waals surface area contributed by atoms with E-state index in [2.05, 4.69) is 30.3 Å². The van der Waals surface area contributed by atoms with Crippen molar-refractivity contribution in [1.29, 1.82) is 0 Å². The summed E-state index contributed by atoms with van der Waals surface area (Å²) in [6, 6.07) is 20.6. The molecular formula is C27H23Cl2N3O2. The molecule has 5 nitrogen and oxygen atoms in total. The Bertz CT molecular complexity index is 1300. The molecule has 34 heavy (non-hydrogen) atoms. The van der Waals surface area contributed by atoms with Crippen molar-refractivity contribution in [1.82, 2.24) is 15.1 Å². The van der Waals surface area contributed by atoms with Crippen LogP contribution in [0.3, 0.4) is 0 Å². The first-order valence-corrected chi connectivity index (χ1v) is 11.7. The van der Waals surface area contributed by atoms with Gasteiger partial charge in [0.25, 0.3) is 0 Å². The Balaban J connectivity index is 1.40. The zero-order chi connectivity index (χ0) is 23.9. The van der Waals surface area contributed by atoms with E-state index < -0.39 is 0 Å². The summed E-state index contributed by atoms with van der Waals surface area (Å²) < 4.78 is 7.28. The Kier molecular flexibility index (Phi) is 5.84. The predicted octanol–water partition coefficient (Wildman–Crippen LogP) is 7.00. The van der Waals surface area contributed by atoms with Crippen molar-refractivity contribution in [3.8, 4) is 28.1 Å². The van der Waals surface area contributed by atoms with E-state index in [9.17, 15) is 4.79 Å². The van der Waals surface area contributed by atoms with Gasteiger partial charge >= 0.3 is 6.03 Å². The molecule has 172 valence electrons. The summed E-state index contributed by atoms with van der Waals surface area (Å²) in [5, 5.41) is 8.85. The average Bonchev–Trinajstić information content (AvgIpc) is 3.38. The second kappa shape index (κ2) is 8.82. The molecule has 4 aromatic rings. The first kappa shape index (κ1) is 22.5. The maximum Gasteiger partial charge on any atom is 0.342 e. The number of benzene rings is 3. The summed E-state index contributed by atoms with van der Waals surface area (Å²) in [6.07, 6.45) is 2.58. The molecule has 1 aliphatic heterocycles. The molecule has 2 heterocycles. The minimum absolute atomic E-state index is 0.199. The van der Waals surface area contributed by atoms with Crippen LogP contribution in [0.25, 0.3) is 22.4 Å². The van der Waals surface area contributed by atoms with Gasteiger partial charge in [0.05, 0.1) is 0 Å². The number of fused-ring (bicyclic) bond motifs is 1. The number of aromatic nitrogens is 2. The van der Waals surface area contributed by atoms with Crippen LogP contribution in [0.2, 0.25) is 10.0 Å². The third-order valence-electron chi connectivity index (χ3n) is 5.77. The lowest BCUT2D eigenvalue weighted by Crippen LogP contribution is -2.28. The minimum atomic E-state index is -0.312. The summed E-state index contributed by atoms with van der Waals surface area (Å²) >= 11 is 12.1. The second-order valence-corrected chi connectivity index (χ2v) is 9.86. The number of nitrogens with zero attached hydrogens (tertiary/aromatic N) is 2. The molecule has 1 amide bonds. The van der Waals surface area contributed by atoms with Crippen molar-refractivity contribution in [2.45, 2.75) is 32.4 Å². The zero-order valence-corrected chi connectivity index (χ0v) is 20.3. The Morgan fingerprint density at radius 3 is 2.32 bits per heavy atom. The molecule has 0 fully saturated rings. The quantitative estimate of drug-likeness (QED) is 0.334. The van der Waals surface area contributed by atoms with Gasteiger partial charge < -0.3 is 10.1 Å². The lowest BCUT2D eigenvalue weighted by atomic mass is 10.0. The van der Waals surface area contributed by atoms with Crippen LogP contribution in [0.5, 0.6) is 5.75 Å². The van der Waals surface area contributed by atoms with Gasteiger partial charge in [0.1, 0.15) is 17.0 Å². The fraction of sp³-hybridized carbons (Fsp3) is 0.185. The third-order valence-corrected chi connectivity index (χ3v) is 6.27. The van der Waals surface area contributed by atoms with E-state index in [0.29, 0.717) is 22.3 Å². The zero-order valence-electron chi connectivity index (χ0n) is 18.8. The molecule has 0 aliphatic carbocycles. The van der Waals surface area contributed by atoms with Crippen LogP contribution >= 0.6 is 23.2 Å². The molecule has 1 aromatic heterocycles. The molecule has 0 radical (unpaired) electrons. The van der Waals surface area contributed by atoms with Gasteiger partial charge in [0, 0.05) is 40.3 Å². The van der Waals surface area contributed by atoms with Gasteiger partial charge in [-0.2, -0.15) is 9.78 Å². The number of hydrogen-bond donors (Lipinski definition) is 1. The second-order valence-electron chi connectivity index (χ2n) is 8.99. The molecule has 0 bridgehead atoms. The van der Waals surface area contributed by atoms with Gasteiger partial charge in [-0.05, 0) is 60.9 Å². The van der Waals surface area contributed by atoms with Gasteiger partial charge in [-0.1, -0.05) is 59.6 Å². The van der Waals surface area contributed by atoms with Gasteiger partial charge in [0.2, 0.25) is 0 Å². The van der Waals surface area contributed by atoms with E-state index in [1.54, 1.807) is 18.3 Å². The molecule has 3 aromatic carbocycles. The Hall–Kier alpha value is -3.28. The van der Waals surface area contributed by atoms with Crippen LogP contribution < -0.4 is 10.1 Å². The predicted molar refractivity (Wildman–Crippen MR) is 136 cm³/mol. The minimum Gasteiger partial charge on any atom is -0.487 e. The number of ether oxygens (including phenoxy) is 1. The van der Waals surface area contributed by atoms with Crippen molar-refractivity contribution in [3.63, 3.8) is 0 Å². The number of carbonyl (C=O) groups is 1. The normalized spacial score (nSPS) is 13.9. The van der Waals surface area contributed by atoms with Crippen molar-refractivity contribution >= 4 is 29.2 Å². The van der Waals surface area contributed by atoms with E-state index in [-0.39, 0.29) is 11.6 Å². The number of carbonyl (C=O) groups excluding carboxylic acids is 1. The maximum absolute atomic E-state index is 13.0. The number of hydrogen-bond acceptors (Lipinski definition) is 3. The lowest BCUT2D eigenvalue weighted by molar-refractivity contribution is 0.138. The average molecular weight is 492 g/mol. The molecule has 0 saturated carbocycles. The van der Waals surface area contributed by atoms with Crippen LogP contribution in [-0.4, -0.2) is 21.4 Å². The van der Waals surface area contributed by atoms with E-state index in [1.165, 1.54) is 4.68 Å². The molecule has 1 aliphatic rings. The summed E-state index contributed by atoms with van der Waals surface area (Å²) in [6.45, 7) is 4.53. The summed E-state index contributed by atoms with van der Waals surface area (Å²) in [7, 11) is 0.